The van der Waals surface area contributed by atoms with Gasteiger partial charge in [0.1, 0.15) is 5.75 Å². The van der Waals surface area contributed by atoms with E-state index in [1.807, 2.05) is 17.0 Å². The molecule has 0 spiro atoms. The van der Waals surface area contributed by atoms with Crippen LogP contribution in [0.4, 0.5) is 0 Å². The van der Waals surface area contributed by atoms with Crippen molar-refractivity contribution in [1.82, 2.24) is 4.90 Å². The Kier molecular flexibility index (Phi) is 5.80. The van der Waals surface area contributed by atoms with Crippen molar-refractivity contribution in [3.05, 3.63) is 29.3 Å². The Bertz CT molecular complexity index is 515. The van der Waals surface area contributed by atoms with Crippen molar-refractivity contribution in [2.75, 3.05) is 27.4 Å². The van der Waals surface area contributed by atoms with Gasteiger partial charge in [-0.25, -0.2) is 0 Å². The van der Waals surface area contributed by atoms with E-state index < -0.39 is 6.10 Å². The molecule has 5 nitrogen and oxygen atoms in total. The van der Waals surface area contributed by atoms with E-state index in [1.54, 1.807) is 27.2 Å². The predicted molar refractivity (Wildman–Crippen MR) is 84.3 cm³/mol. The summed E-state index contributed by atoms with van der Waals surface area (Å²) in [6.45, 7) is 3.04. The Hall–Kier alpha value is -1.59. The van der Waals surface area contributed by atoms with Crippen molar-refractivity contribution < 1.29 is 19.4 Å². The molecule has 1 heterocycles. The van der Waals surface area contributed by atoms with Gasteiger partial charge >= 0.3 is 0 Å². The molecule has 1 fully saturated rings. The summed E-state index contributed by atoms with van der Waals surface area (Å²) >= 11 is 0. The lowest BCUT2D eigenvalue weighted by Gasteiger charge is -2.25. The molecule has 1 aromatic rings. The maximum atomic E-state index is 12.9. The van der Waals surface area contributed by atoms with Gasteiger partial charge in [0.25, 0.3) is 5.91 Å². The standard InChI is InChI=1S/C17H25NO4/c1-12(19)9-13-6-7-16(22-3)15(10-13)17(20)18-8-4-5-14(18)11-21-2/h6-7,10,12,14,19H,4-5,8-9,11H2,1-3H3/t12-,14+/m1/s1. The summed E-state index contributed by atoms with van der Waals surface area (Å²) < 4.78 is 10.6. The van der Waals surface area contributed by atoms with Gasteiger partial charge in [-0.15, -0.1) is 0 Å². The molecular formula is C17H25NO4. The molecule has 0 aliphatic carbocycles. The molecule has 1 aliphatic heterocycles. The smallest absolute Gasteiger partial charge is 0.257 e. The number of carbonyl (C=O) groups excluding carboxylic acids is 1. The molecule has 0 aromatic heterocycles. The number of methoxy groups -OCH3 is 2. The van der Waals surface area contributed by atoms with Crippen LogP contribution in [-0.2, 0) is 11.2 Å². The summed E-state index contributed by atoms with van der Waals surface area (Å²) in [5, 5.41) is 9.54. The maximum Gasteiger partial charge on any atom is 0.257 e. The Balaban J connectivity index is 2.26. The van der Waals surface area contributed by atoms with Crippen LogP contribution >= 0.6 is 0 Å². The Morgan fingerprint density at radius 2 is 2.23 bits per heavy atom. The topological polar surface area (TPSA) is 59.0 Å². The van der Waals surface area contributed by atoms with Crippen molar-refractivity contribution in [1.29, 1.82) is 0 Å². The van der Waals surface area contributed by atoms with Crippen molar-refractivity contribution in [3.8, 4) is 5.75 Å². The highest BCUT2D eigenvalue weighted by molar-refractivity contribution is 5.97. The average molecular weight is 307 g/mol. The molecule has 1 aromatic carbocycles. The van der Waals surface area contributed by atoms with E-state index in [-0.39, 0.29) is 11.9 Å². The van der Waals surface area contributed by atoms with Crippen molar-refractivity contribution in [2.24, 2.45) is 0 Å². The van der Waals surface area contributed by atoms with Crippen LogP contribution in [-0.4, -0.2) is 55.4 Å². The van der Waals surface area contributed by atoms with Crippen LogP contribution in [0.1, 0.15) is 35.7 Å². The van der Waals surface area contributed by atoms with Gasteiger partial charge in [-0.2, -0.15) is 0 Å². The molecule has 1 aliphatic rings. The number of aliphatic hydroxyl groups is 1. The molecule has 0 unspecified atom stereocenters. The van der Waals surface area contributed by atoms with E-state index in [4.69, 9.17) is 9.47 Å². The largest absolute Gasteiger partial charge is 0.496 e. The van der Waals surface area contributed by atoms with Crippen LogP contribution in [0.25, 0.3) is 0 Å². The van der Waals surface area contributed by atoms with E-state index in [9.17, 15) is 9.90 Å². The number of rotatable bonds is 6. The third kappa shape index (κ3) is 3.78. The van der Waals surface area contributed by atoms with Crippen molar-refractivity contribution in [3.63, 3.8) is 0 Å². The highest BCUT2D eigenvalue weighted by atomic mass is 16.5. The molecule has 0 bridgehead atoms. The first-order chi connectivity index (χ1) is 10.6. The lowest BCUT2D eigenvalue weighted by atomic mass is 10.0. The SMILES string of the molecule is COC[C@@H]1CCCN1C(=O)c1cc(C[C@@H](C)O)ccc1OC. The number of carbonyl (C=O) groups is 1. The van der Waals surface area contributed by atoms with Gasteiger partial charge in [0, 0.05) is 13.7 Å². The van der Waals surface area contributed by atoms with Gasteiger partial charge in [0.05, 0.1) is 31.4 Å². The summed E-state index contributed by atoms with van der Waals surface area (Å²) in [5.74, 6) is 0.547. The zero-order chi connectivity index (χ0) is 16.1. The second-order valence-corrected chi connectivity index (χ2v) is 5.84. The van der Waals surface area contributed by atoms with E-state index >= 15 is 0 Å². The van der Waals surface area contributed by atoms with Gasteiger partial charge in [-0.3, -0.25) is 4.79 Å². The van der Waals surface area contributed by atoms with Crippen LogP contribution < -0.4 is 4.74 Å². The third-order valence-electron chi connectivity index (χ3n) is 4.02. The maximum absolute atomic E-state index is 12.9. The van der Waals surface area contributed by atoms with Gasteiger partial charge in [-0.1, -0.05) is 6.07 Å². The van der Waals surface area contributed by atoms with Crippen molar-refractivity contribution >= 4 is 5.91 Å². The number of nitrogens with zero attached hydrogens (tertiary/aromatic N) is 1. The van der Waals surface area contributed by atoms with E-state index in [1.165, 1.54) is 0 Å². The minimum Gasteiger partial charge on any atom is -0.496 e. The molecule has 5 heteroatoms. The third-order valence-corrected chi connectivity index (χ3v) is 4.02. The summed E-state index contributed by atoms with van der Waals surface area (Å²) in [6.07, 6.45) is 2.04. The molecule has 1 saturated heterocycles. The highest BCUT2D eigenvalue weighted by Gasteiger charge is 2.30. The second kappa shape index (κ2) is 7.61. The normalized spacial score (nSPS) is 19.3. The fraction of sp³-hybridized carbons (Fsp3) is 0.588. The zero-order valence-electron chi connectivity index (χ0n) is 13.5. The lowest BCUT2D eigenvalue weighted by Crippen LogP contribution is -2.38. The monoisotopic (exact) mass is 307 g/mol. The number of hydrogen-bond acceptors (Lipinski definition) is 4. The van der Waals surface area contributed by atoms with E-state index in [0.29, 0.717) is 24.3 Å². The van der Waals surface area contributed by atoms with Gasteiger partial charge in [-0.05, 0) is 43.9 Å². The summed E-state index contributed by atoms with van der Waals surface area (Å²) in [4.78, 5) is 14.7. The molecule has 122 valence electrons. The number of likely N-dealkylation sites (tertiary alicyclic amines) is 1. The van der Waals surface area contributed by atoms with E-state index in [2.05, 4.69) is 0 Å². The molecule has 0 saturated carbocycles. The molecule has 1 amide bonds. The highest BCUT2D eigenvalue weighted by Crippen LogP contribution is 2.26. The number of aliphatic hydroxyl groups excluding tert-OH is 1. The van der Waals surface area contributed by atoms with Crippen molar-refractivity contribution in [2.45, 2.75) is 38.3 Å². The minimum atomic E-state index is -0.440. The molecular weight excluding hydrogens is 282 g/mol. The van der Waals surface area contributed by atoms with Crippen LogP contribution in [0.5, 0.6) is 5.75 Å². The fourth-order valence-electron chi connectivity index (χ4n) is 3.01. The molecule has 2 rings (SSSR count). The summed E-state index contributed by atoms with van der Waals surface area (Å²) in [5.41, 5.74) is 1.49. The van der Waals surface area contributed by atoms with Gasteiger partial charge < -0.3 is 19.5 Å². The second-order valence-electron chi connectivity index (χ2n) is 5.84. The predicted octanol–water partition coefficient (Wildman–Crippen LogP) is 1.87. The Morgan fingerprint density at radius 1 is 1.45 bits per heavy atom. The first-order valence-corrected chi connectivity index (χ1v) is 7.71. The zero-order valence-corrected chi connectivity index (χ0v) is 13.5. The Labute approximate surface area is 131 Å². The van der Waals surface area contributed by atoms with Gasteiger partial charge in [0.2, 0.25) is 0 Å². The van der Waals surface area contributed by atoms with Gasteiger partial charge in [0.15, 0.2) is 0 Å². The van der Waals surface area contributed by atoms with Crippen LogP contribution in [0.2, 0.25) is 0 Å². The molecule has 2 atom stereocenters. The average Bonchev–Trinajstić information content (AvgIpc) is 2.94. The van der Waals surface area contributed by atoms with Crippen LogP contribution in [0, 0.1) is 0 Å². The van der Waals surface area contributed by atoms with E-state index in [0.717, 1.165) is 24.9 Å². The first kappa shape index (κ1) is 16.8. The Morgan fingerprint density at radius 3 is 2.86 bits per heavy atom. The number of hydrogen-bond donors (Lipinski definition) is 1. The summed E-state index contributed by atoms with van der Waals surface area (Å²) in [7, 11) is 3.22. The molecule has 0 radical (unpaired) electrons. The van der Waals surface area contributed by atoms with Crippen LogP contribution in [0.3, 0.4) is 0 Å². The fourth-order valence-corrected chi connectivity index (χ4v) is 3.01. The lowest BCUT2D eigenvalue weighted by molar-refractivity contribution is 0.0627. The number of ether oxygens (including phenoxy) is 2. The number of amides is 1. The quantitative estimate of drug-likeness (QED) is 0.871. The van der Waals surface area contributed by atoms with Crippen LogP contribution in [0.15, 0.2) is 18.2 Å². The minimum absolute atomic E-state index is 0.0242. The first-order valence-electron chi connectivity index (χ1n) is 7.71. The summed E-state index contributed by atoms with van der Waals surface area (Å²) in [6, 6.07) is 5.64. The molecule has 1 N–H and O–H groups in total. The number of benzene rings is 1. The molecule has 22 heavy (non-hydrogen) atoms.